The summed E-state index contributed by atoms with van der Waals surface area (Å²) in [5.41, 5.74) is -1.12. The number of hydrogen-bond donors (Lipinski definition) is 4. The minimum absolute atomic E-state index is 0.0615. The maximum Gasteiger partial charge on any atom is 0.189 e. The Morgan fingerprint density at radius 1 is 1.24 bits per heavy atom. The molecule has 2 heterocycles. The van der Waals surface area contributed by atoms with Gasteiger partial charge >= 0.3 is 0 Å². The summed E-state index contributed by atoms with van der Waals surface area (Å²) in [4.78, 5) is 25.3. The average molecular weight is 465 g/mol. The van der Waals surface area contributed by atoms with Gasteiger partial charge < -0.3 is 29.9 Å². The number of ketones is 1. The molecule has 0 aliphatic carbocycles. The van der Waals surface area contributed by atoms with Crippen LogP contribution in [0.15, 0.2) is 6.07 Å². The molecule has 1 aromatic rings. The van der Waals surface area contributed by atoms with E-state index in [-0.39, 0.29) is 35.3 Å². The third-order valence-electron chi connectivity index (χ3n) is 6.88. The number of rotatable bonds is 10. The molecule has 0 radical (unpaired) electrons. The highest BCUT2D eigenvalue weighted by Crippen LogP contribution is 2.50. The van der Waals surface area contributed by atoms with Crippen LogP contribution in [0.25, 0.3) is 0 Å². The van der Waals surface area contributed by atoms with E-state index in [1.807, 2.05) is 27.7 Å². The first kappa shape index (κ1) is 25.6. The molecule has 33 heavy (non-hydrogen) atoms. The summed E-state index contributed by atoms with van der Waals surface area (Å²) >= 11 is 0. The minimum atomic E-state index is -1.37. The Morgan fingerprint density at radius 2 is 1.94 bits per heavy atom. The second kappa shape index (κ2) is 10.1. The van der Waals surface area contributed by atoms with Crippen molar-refractivity contribution in [3.05, 3.63) is 22.8 Å². The quantitative estimate of drug-likeness (QED) is 0.235. The molecule has 1 spiro atoms. The molecular weight excluding hydrogens is 428 g/mol. The van der Waals surface area contributed by atoms with Crippen molar-refractivity contribution < 1.29 is 39.5 Å². The van der Waals surface area contributed by atoms with E-state index in [0.717, 1.165) is 6.42 Å². The van der Waals surface area contributed by atoms with E-state index in [2.05, 4.69) is 0 Å². The van der Waals surface area contributed by atoms with Gasteiger partial charge in [0.25, 0.3) is 0 Å². The number of phenols is 2. The summed E-state index contributed by atoms with van der Waals surface area (Å²) < 4.78 is 11.4. The van der Waals surface area contributed by atoms with Gasteiger partial charge in [-0.05, 0) is 36.8 Å². The predicted molar refractivity (Wildman–Crippen MR) is 120 cm³/mol. The fourth-order valence-electron chi connectivity index (χ4n) is 5.03. The van der Waals surface area contributed by atoms with Crippen molar-refractivity contribution in [2.45, 2.75) is 96.4 Å². The first-order chi connectivity index (χ1) is 15.6. The first-order valence-electron chi connectivity index (χ1n) is 11.9. The van der Waals surface area contributed by atoms with E-state index >= 15 is 0 Å². The van der Waals surface area contributed by atoms with Crippen LogP contribution in [0, 0.1) is 11.8 Å². The van der Waals surface area contributed by atoms with Crippen molar-refractivity contribution in [3.8, 4) is 11.5 Å². The van der Waals surface area contributed by atoms with Crippen LogP contribution in [-0.4, -0.2) is 62.7 Å². The molecule has 1 unspecified atom stereocenters. The molecular formula is C25H36O8. The molecule has 6 atom stereocenters. The maximum absolute atomic E-state index is 13.7. The van der Waals surface area contributed by atoms with E-state index in [9.17, 15) is 30.0 Å². The number of carbonyl (C=O) groups excluding carboxylic acids is 2. The Bertz CT molecular complexity index is 868. The number of aliphatic hydroxyl groups excluding tert-OH is 2. The highest BCUT2D eigenvalue weighted by Gasteiger charge is 2.68. The molecule has 8 heteroatoms. The minimum Gasteiger partial charge on any atom is -0.507 e. The number of aromatic hydroxyl groups is 2. The van der Waals surface area contributed by atoms with Gasteiger partial charge in [0.1, 0.15) is 11.5 Å². The zero-order chi connectivity index (χ0) is 24.5. The lowest BCUT2D eigenvalue weighted by molar-refractivity contribution is -0.239. The van der Waals surface area contributed by atoms with Crippen LogP contribution in [0.1, 0.15) is 86.1 Å². The van der Waals surface area contributed by atoms with Crippen molar-refractivity contribution in [1.82, 2.24) is 0 Å². The number of epoxide rings is 1. The molecule has 1 aromatic carbocycles. The van der Waals surface area contributed by atoms with Crippen LogP contribution in [0.4, 0.5) is 0 Å². The number of aldehydes is 1. The number of ether oxygens (including phenoxy) is 2. The number of benzene rings is 1. The molecule has 0 saturated carbocycles. The monoisotopic (exact) mass is 464 g/mol. The standard InChI is InChI=1S/C25H36O8/c1-5-7-8-15(18-11-19(27)25(24(31)32-18)20(6-2)33-25)22(29)16-10-14(9-13(3)4)21(28)17(12-26)23(16)30/h10,12-13,15,18-20,24,27-28,30-31H,5-9,11H2,1-4H3/t15?,18-,19-,20+,24-,25-/m1/s1. The topological polar surface area (TPSA) is 137 Å². The summed E-state index contributed by atoms with van der Waals surface area (Å²) in [5.74, 6) is -1.94. The van der Waals surface area contributed by atoms with Crippen molar-refractivity contribution in [2.75, 3.05) is 0 Å². The van der Waals surface area contributed by atoms with Gasteiger partial charge in [0.2, 0.25) is 0 Å². The fourth-order valence-corrected chi connectivity index (χ4v) is 5.03. The Balaban J connectivity index is 1.95. The normalized spacial score (nSPS) is 29.9. The molecule has 2 aliphatic heterocycles. The highest BCUT2D eigenvalue weighted by atomic mass is 16.7. The summed E-state index contributed by atoms with van der Waals surface area (Å²) in [6, 6.07) is 1.44. The molecule has 0 amide bonds. The smallest absolute Gasteiger partial charge is 0.189 e. The molecule has 0 bridgehead atoms. The second-order valence-electron chi connectivity index (χ2n) is 9.67. The van der Waals surface area contributed by atoms with Gasteiger partial charge in [-0.15, -0.1) is 0 Å². The number of unbranched alkanes of at least 4 members (excludes halogenated alkanes) is 1. The zero-order valence-electron chi connectivity index (χ0n) is 19.8. The first-order valence-corrected chi connectivity index (χ1v) is 11.9. The van der Waals surface area contributed by atoms with Gasteiger partial charge in [0.15, 0.2) is 24.0 Å². The fraction of sp³-hybridized carbons (Fsp3) is 0.680. The molecule has 3 rings (SSSR count). The molecule has 2 fully saturated rings. The van der Waals surface area contributed by atoms with Crippen molar-refractivity contribution >= 4 is 12.1 Å². The van der Waals surface area contributed by atoms with Gasteiger partial charge in [-0.2, -0.15) is 0 Å². The SMILES string of the molecule is CCCCC(C(=O)c1cc(CC(C)C)c(O)c(C=O)c1O)[C@H]1C[C@@H](O)[C@]2(O[C@H]2CC)[C@H](O)O1. The predicted octanol–water partition coefficient (Wildman–Crippen LogP) is 3.11. The van der Waals surface area contributed by atoms with Gasteiger partial charge in [0.05, 0.1) is 29.4 Å². The number of phenolic OH excluding ortho intramolecular Hbond substituents is 2. The maximum atomic E-state index is 13.7. The third kappa shape index (κ3) is 4.67. The second-order valence-corrected chi connectivity index (χ2v) is 9.67. The van der Waals surface area contributed by atoms with Gasteiger partial charge in [-0.1, -0.05) is 40.5 Å². The zero-order valence-corrected chi connectivity index (χ0v) is 19.8. The molecule has 2 aliphatic rings. The molecule has 8 nitrogen and oxygen atoms in total. The summed E-state index contributed by atoms with van der Waals surface area (Å²) in [7, 11) is 0. The van der Waals surface area contributed by atoms with Crippen LogP contribution in [-0.2, 0) is 15.9 Å². The summed E-state index contributed by atoms with van der Waals surface area (Å²) in [6.45, 7) is 7.76. The Morgan fingerprint density at radius 3 is 2.45 bits per heavy atom. The van der Waals surface area contributed by atoms with E-state index in [1.54, 1.807) is 0 Å². The molecule has 0 aromatic heterocycles. The molecule has 2 saturated heterocycles. The largest absolute Gasteiger partial charge is 0.507 e. The van der Waals surface area contributed by atoms with Crippen LogP contribution >= 0.6 is 0 Å². The van der Waals surface area contributed by atoms with Crippen LogP contribution in [0.2, 0.25) is 0 Å². The molecule has 184 valence electrons. The Hall–Kier alpha value is -2.00. The van der Waals surface area contributed by atoms with Crippen molar-refractivity contribution in [3.63, 3.8) is 0 Å². The van der Waals surface area contributed by atoms with Gasteiger partial charge in [-0.25, -0.2) is 0 Å². The number of aliphatic hydroxyl groups is 2. The lowest BCUT2D eigenvalue weighted by atomic mass is 9.80. The number of Topliss-reactive ketones (excluding diaryl/α,β-unsaturated/α-hetero) is 1. The van der Waals surface area contributed by atoms with Crippen LogP contribution < -0.4 is 0 Å². The van der Waals surface area contributed by atoms with Gasteiger partial charge in [0, 0.05) is 12.3 Å². The lowest BCUT2D eigenvalue weighted by Gasteiger charge is -2.39. The number of carbonyl (C=O) groups is 2. The highest BCUT2D eigenvalue weighted by molar-refractivity contribution is 6.04. The average Bonchev–Trinajstić information content (AvgIpc) is 3.50. The number of hydrogen-bond acceptors (Lipinski definition) is 8. The van der Waals surface area contributed by atoms with Crippen LogP contribution in [0.3, 0.4) is 0 Å². The van der Waals surface area contributed by atoms with Crippen LogP contribution in [0.5, 0.6) is 11.5 Å². The van der Waals surface area contributed by atoms with Crippen molar-refractivity contribution in [2.24, 2.45) is 11.8 Å². The van der Waals surface area contributed by atoms with Gasteiger partial charge in [-0.3, -0.25) is 9.59 Å². The third-order valence-corrected chi connectivity index (χ3v) is 6.88. The van der Waals surface area contributed by atoms with E-state index in [1.165, 1.54) is 6.07 Å². The summed E-state index contributed by atoms with van der Waals surface area (Å²) in [6.07, 6.45) is -0.0511. The Labute approximate surface area is 194 Å². The van der Waals surface area contributed by atoms with E-state index in [4.69, 9.17) is 9.47 Å². The van der Waals surface area contributed by atoms with E-state index < -0.39 is 41.5 Å². The Kier molecular flexibility index (Phi) is 7.84. The summed E-state index contributed by atoms with van der Waals surface area (Å²) in [5, 5.41) is 42.5. The van der Waals surface area contributed by atoms with E-state index in [0.29, 0.717) is 37.5 Å². The molecule has 4 N–H and O–H groups in total. The lowest BCUT2D eigenvalue weighted by Crippen LogP contribution is -2.55. The van der Waals surface area contributed by atoms with Crippen molar-refractivity contribution in [1.29, 1.82) is 0 Å².